The molecule has 0 spiro atoms. The first-order chi connectivity index (χ1) is 9.05. The van der Waals surface area contributed by atoms with Crippen molar-refractivity contribution in [2.24, 2.45) is 0 Å². The zero-order chi connectivity index (χ0) is 13.9. The minimum atomic E-state index is -3.55. The molecule has 3 N–H and O–H groups in total. The molecule has 0 saturated carbocycles. The minimum absolute atomic E-state index is 0.160. The maximum Gasteiger partial charge on any atom is 0.206 e. The largest absolute Gasteiger partial charge is 0.397 e. The monoisotopic (exact) mass is 278 g/mol. The van der Waals surface area contributed by atoms with Gasteiger partial charge in [0.2, 0.25) is 9.84 Å². The average Bonchev–Trinajstić information content (AvgIpc) is 2.42. The van der Waals surface area contributed by atoms with Gasteiger partial charge in [-0.05, 0) is 30.3 Å². The van der Waals surface area contributed by atoms with E-state index in [1.54, 1.807) is 30.3 Å². The Hall–Kier alpha value is -2.05. The molecule has 0 unspecified atom stereocenters. The second kappa shape index (κ2) is 5.29. The van der Waals surface area contributed by atoms with E-state index in [2.05, 4.69) is 5.48 Å². The van der Waals surface area contributed by atoms with Gasteiger partial charge in [-0.2, -0.15) is 0 Å². The van der Waals surface area contributed by atoms with Crippen LogP contribution in [0, 0.1) is 0 Å². The van der Waals surface area contributed by atoms with Crippen molar-refractivity contribution in [3.63, 3.8) is 0 Å². The standard InChI is InChI=1S/C13H14N2O3S/c1-18-15-13-9-11(7-8-12(13)14)19(16,17)10-5-3-2-4-6-10/h2-9,15H,14H2,1H3. The van der Waals surface area contributed by atoms with Gasteiger partial charge in [0.05, 0.1) is 28.3 Å². The van der Waals surface area contributed by atoms with Gasteiger partial charge < -0.3 is 5.73 Å². The Morgan fingerprint density at radius 3 is 2.37 bits per heavy atom. The Morgan fingerprint density at radius 2 is 1.74 bits per heavy atom. The first kappa shape index (κ1) is 13.4. The lowest BCUT2D eigenvalue weighted by Crippen LogP contribution is -2.05. The molecular weight excluding hydrogens is 264 g/mol. The molecule has 100 valence electrons. The highest BCUT2D eigenvalue weighted by Gasteiger charge is 2.18. The lowest BCUT2D eigenvalue weighted by Gasteiger charge is -2.10. The molecule has 0 heterocycles. The Labute approximate surface area is 111 Å². The van der Waals surface area contributed by atoms with Gasteiger partial charge >= 0.3 is 0 Å². The normalized spacial score (nSPS) is 11.2. The third-order valence-electron chi connectivity index (χ3n) is 2.60. The summed E-state index contributed by atoms with van der Waals surface area (Å²) in [6, 6.07) is 12.7. The second-order valence-electron chi connectivity index (χ2n) is 3.87. The molecule has 0 bridgehead atoms. The van der Waals surface area contributed by atoms with Crippen molar-refractivity contribution >= 4 is 21.2 Å². The van der Waals surface area contributed by atoms with E-state index >= 15 is 0 Å². The maximum absolute atomic E-state index is 12.4. The number of hydrogen-bond acceptors (Lipinski definition) is 5. The van der Waals surface area contributed by atoms with E-state index in [0.717, 1.165) is 0 Å². The number of rotatable bonds is 4. The molecule has 0 aliphatic carbocycles. The number of hydrogen-bond donors (Lipinski definition) is 2. The van der Waals surface area contributed by atoms with Crippen molar-refractivity contribution in [3.8, 4) is 0 Å². The van der Waals surface area contributed by atoms with Crippen LogP contribution in [0.3, 0.4) is 0 Å². The summed E-state index contributed by atoms with van der Waals surface area (Å²) in [5, 5.41) is 0. The fourth-order valence-corrected chi connectivity index (χ4v) is 2.94. The number of nitrogen functional groups attached to an aromatic ring is 1. The van der Waals surface area contributed by atoms with E-state index in [-0.39, 0.29) is 9.79 Å². The van der Waals surface area contributed by atoms with Crippen molar-refractivity contribution in [2.75, 3.05) is 18.3 Å². The van der Waals surface area contributed by atoms with Crippen molar-refractivity contribution < 1.29 is 13.3 Å². The number of anilines is 2. The summed E-state index contributed by atoms with van der Waals surface area (Å²) in [6.45, 7) is 0. The summed E-state index contributed by atoms with van der Waals surface area (Å²) in [6.07, 6.45) is 0. The molecule has 2 aromatic rings. The predicted octanol–water partition coefficient (Wildman–Crippen LogP) is 2.07. The summed E-state index contributed by atoms with van der Waals surface area (Å²) in [4.78, 5) is 5.16. The Kier molecular flexibility index (Phi) is 3.73. The molecule has 0 amide bonds. The van der Waals surface area contributed by atoms with Crippen molar-refractivity contribution in [3.05, 3.63) is 48.5 Å². The smallest absolute Gasteiger partial charge is 0.206 e. The summed E-state index contributed by atoms with van der Waals surface area (Å²) in [5.74, 6) is 0. The average molecular weight is 278 g/mol. The van der Waals surface area contributed by atoms with Crippen LogP contribution < -0.4 is 11.2 Å². The highest BCUT2D eigenvalue weighted by atomic mass is 32.2. The number of nitrogens with one attached hydrogen (secondary N) is 1. The number of benzene rings is 2. The topological polar surface area (TPSA) is 81.4 Å². The van der Waals surface area contributed by atoms with Crippen molar-refractivity contribution in [1.82, 2.24) is 0 Å². The molecule has 0 saturated heterocycles. The molecule has 0 atom stereocenters. The SMILES string of the molecule is CONc1cc(S(=O)(=O)c2ccccc2)ccc1N. The minimum Gasteiger partial charge on any atom is -0.397 e. The zero-order valence-electron chi connectivity index (χ0n) is 10.3. The van der Waals surface area contributed by atoms with Crippen LogP contribution in [0.2, 0.25) is 0 Å². The lowest BCUT2D eigenvalue weighted by molar-refractivity contribution is 0.271. The van der Waals surface area contributed by atoms with E-state index in [4.69, 9.17) is 10.6 Å². The summed E-state index contributed by atoms with van der Waals surface area (Å²) in [7, 11) is -2.12. The van der Waals surface area contributed by atoms with Crippen LogP contribution in [0.4, 0.5) is 11.4 Å². The Bertz CT molecular complexity index is 670. The predicted molar refractivity (Wildman–Crippen MR) is 73.4 cm³/mol. The number of sulfone groups is 1. The van der Waals surface area contributed by atoms with Gasteiger partial charge in [-0.25, -0.2) is 8.42 Å². The second-order valence-corrected chi connectivity index (χ2v) is 5.82. The van der Waals surface area contributed by atoms with Crippen LogP contribution >= 0.6 is 0 Å². The van der Waals surface area contributed by atoms with Gasteiger partial charge in [-0.3, -0.25) is 10.3 Å². The van der Waals surface area contributed by atoms with Crippen LogP contribution in [-0.2, 0) is 14.7 Å². The molecule has 2 rings (SSSR count). The van der Waals surface area contributed by atoms with Crippen LogP contribution in [0.1, 0.15) is 0 Å². The van der Waals surface area contributed by atoms with E-state index in [9.17, 15) is 8.42 Å². The summed E-state index contributed by atoms with van der Waals surface area (Å²) in [5.41, 5.74) is 9.10. The molecule has 2 aromatic carbocycles. The van der Waals surface area contributed by atoms with Crippen LogP contribution in [0.25, 0.3) is 0 Å². The summed E-state index contributed by atoms with van der Waals surface area (Å²) >= 11 is 0. The van der Waals surface area contributed by atoms with Gasteiger partial charge in [-0.1, -0.05) is 18.2 Å². The third-order valence-corrected chi connectivity index (χ3v) is 4.37. The molecular formula is C13H14N2O3S. The van der Waals surface area contributed by atoms with Crippen LogP contribution in [-0.4, -0.2) is 15.5 Å². The third kappa shape index (κ3) is 2.69. The Morgan fingerprint density at radius 1 is 1.05 bits per heavy atom. The van der Waals surface area contributed by atoms with Gasteiger partial charge in [-0.15, -0.1) is 0 Å². The molecule has 0 aromatic heterocycles. The van der Waals surface area contributed by atoms with E-state index in [1.807, 2.05) is 0 Å². The van der Waals surface area contributed by atoms with Crippen molar-refractivity contribution in [1.29, 1.82) is 0 Å². The first-order valence-electron chi connectivity index (χ1n) is 5.54. The van der Waals surface area contributed by atoms with Crippen molar-refractivity contribution in [2.45, 2.75) is 9.79 Å². The molecule has 0 fully saturated rings. The van der Waals surface area contributed by atoms with E-state index in [1.165, 1.54) is 25.3 Å². The van der Waals surface area contributed by atoms with E-state index in [0.29, 0.717) is 11.4 Å². The van der Waals surface area contributed by atoms with E-state index < -0.39 is 9.84 Å². The maximum atomic E-state index is 12.4. The molecule has 0 aliphatic rings. The first-order valence-corrected chi connectivity index (χ1v) is 7.02. The fraction of sp³-hybridized carbons (Fsp3) is 0.0769. The highest BCUT2D eigenvalue weighted by Crippen LogP contribution is 2.26. The number of nitrogens with two attached hydrogens (primary N) is 1. The summed E-state index contributed by atoms with van der Waals surface area (Å²) < 4.78 is 24.8. The van der Waals surface area contributed by atoms with Crippen LogP contribution in [0.15, 0.2) is 58.3 Å². The molecule has 6 heteroatoms. The molecule has 5 nitrogen and oxygen atoms in total. The quantitative estimate of drug-likeness (QED) is 0.661. The lowest BCUT2D eigenvalue weighted by atomic mass is 10.3. The van der Waals surface area contributed by atoms with Gasteiger partial charge in [0.1, 0.15) is 0 Å². The van der Waals surface area contributed by atoms with Gasteiger partial charge in [0, 0.05) is 0 Å². The van der Waals surface area contributed by atoms with Gasteiger partial charge in [0.15, 0.2) is 0 Å². The fourth-order valence-electron chi connectivity index (χ4n) is 1.64. The molecule has 0 radical (unpaired) electrons. The highest BCUT2D eigenvalue weighted by molar-refractivity contribution is 7.91. The molecule has 19 heavy (non-hydrogen) atoms. The van der Waals surface area contributed by atoms with Gasteiger partial charge in [0.25, 0.3) is 0 Å². The molecule has 0 aliphatic heterocycles. The Balaban J connectivity index is 2.50. The zero-order valence-corrected chi connectivity index (χ0v) is 11.1. The van der Waals surface area contributed by atoms with Crippen LogP contribution in [0.5, 0.6) is 0 Å².